The molecule has 178 valence electrons. The monoisotopic (exact) mass is 475 g/mol. The van der Waals surface area contributed by atoms with E-state index in [0.29, 0.717) is 13.2 Å². The largest absolute Gasteiger partial charge is 0.492 e. The van der Waals surface area contributed by atoms with Crippen LogP contribution in [0.4, 0.5) is 0 Å². The minimum absolute atomic E-state index is 0.184. The number of hydrogen-bond donors (Lipinski definition) is 0. The standard InChI is InChI=1S/C28H33N3O2S/c1-21-8-10-23(11-9-21)33-17-16-30(2)27(32)24-18-28(24)12-14-31(15-13-28)19-26-29-25(20-34-26)22-6-4-3-5-7-22/h3-11,20,24H,12-19H2,1-2H3/t24-/m0/s1. The number of piperidine rings is 1. The van der Waals surface area contributed by atoms with Crippen LogP contribution in [0.2, 0.25) is 0 Å². The molecule has 1 aromatic heterocycles. The third-order valence-electron chi connectivity index (χ3n) is 7.41. The van der Waals surface area contributed by atoms with Gasteiger partial charge in [-0.1, -0.05) is 48.0 Å². The lowest BCUT2D eigenvalue weighted by molar-refractivity contribution is -0.132. The molecule has 0 bridgehead atoms. The van der Waals surface area contributed by atoms with E-state index in [1.54, 1.807) is 11.3 Å². The normalized spacial score (nSPS) is 19.2. The summed E-state index contributed by atoms with van der Waals surface area (Å²) in [5, 5.41) is 3.33. The zero-order valence-corrected chi connectivity index (χ0v) is 20.9. The zero-order chi connectivity index (χ0) is 23.5. The first-order valence-electron chi connectivity index (χ1n) is 12.2. The number of amides is 1. The molecule has 0 unspecified atom stereocenters. The Balaban J connectivity index is 1.06. The number of thiazole rings is 1. The summed E-state index contributed by atoms with van der Waals surface area (Å²) in [4.78, 5) is 22.2. The maximum Gasteiger partial charge on any atom is 0.226 e. The fourth-order valence-corrected chi connectivity index (χ4v) is 5.88. The van der Waals surface area contributed by atoms with E-state index in [2.05, 4.69) is 41.5 Å². The van der Waals surface area contributed by atoms with E-state index in [9.17, 15) is 4.79 Å². The van der Waals surface area contributed by atoms with Crippen LogP contribution in [0.3, 0.4) is 0 Å². The molecule has 0 radical (unpaired) electrons. The number of carbonyl (C=O) groups excluding carboxylic acids is 1. The van der Waals surface area contributed by atoms with Crippen LogP contribution in [0.15, 0.2) is 60.0 Å². The van der Waals surface area contributed by atoms with Crippen molar-refractivity contribution in [3.8, 4) is 17.0 Å². The summed E-state index contributed by atoms with van der Waals surface area (Å²) < 4.78 is 5.81. The summed E-state index contributed by atoms with van der Waals surface area (Å²) in [5.41, 5.74) is 3.68. The van der Waals surface area contributed by atoms with Crippen LogP contribution in [0.1, 0.15) is 29.8 Å². The van der Waals surface area contributed by atoms with Gasteiger partial charge in [0.1, 0.15) is 17.4 Å². The number of rotatable bonds is 8. The molecule has 34 heavy (non-hydrogen) atoms. The van der Waals surface area contributed by atoms with Gasteiger partial charge in [0.05, 0.1) is 18.8 Å². The summed E-state index contributed by atoms with van der Waals surface area (Å²) in [5.74, 6) is 1.33. The van der Waals surface area contributed by atoms with E-state index >= 15 is 0 Å². The molecule has 6 heteroatoms. The van der Waals surface area contributed by atoms with Crippen molar-refractivity contribution in [1.82, 2.24) is 14.8 Å². The van der Waals surface area contributed by atoms with E-state index in [4.69, 9.17) is 9.72 Å². The lowest BCUT2D eigenvalue weighted by Gasteiger charge is -2.32. The Morgan fingerprint density at radius 3 is 2.62 bits per heavy atom. The van der Waals surface area contributed by atoms with Gasteiger partial charge in [-0.25, -0.2) is 4.98 Å². The first kappa shape index (κ1) is 23.1. The lowest BCUT2D eigenvalue weighted by atomic mass is 9.90. The second-order valence-electron chi connectivity index (χ2n) is 9.81. The topological polar surface area (TPSA) is 45.7 Å². The quantitative estimate of drug-likeness (QED) is 0.446. The fraction of sp³-hybridized carbons (Fsp3) is 0.429. The van der Waals surface area contributed by atoms with Gasteiger partial charge in [-0.05, 0) is 56.8 Å². The number of ether oxygens (including phenoxy) is 1. The molecule has 1 aliphatic heterocycles. The molecule has 5 nitrogen and oxygen atoms in total. The Bertz CT molecular complexity index is 1100. The van der Waals surface area contributed by atoms with Crippen LogP contribution in [-0.2, 0) is 11.3 Å². The Hall–Kier alpha value is -2.70. The van der Waals surface area contributed by atoms with Crippen molar-refractivity contribution in [2.24, 2.45) is 11.3 Å². The lowest BCUT2D eigenvalue weighted by Crippen LogP contribution is -2.38. The number of benzene rings is 2. The first-order valence-corrected chi connectivity index (χ1v) is 13.1. The van der Waals surface area contributed by atoms with Crippen molar-refractivity contribution in [1.29, 1.82) is 0 Å². The second kappa shape index (κ2) is 9.88. The molecule has 5 rings (SSSR count). The van der Waals surface area contributed by atoms with Crippen molar-refractivity contribution >= 4 is 17.2 Å². The van der Waals surface area contributed by atoms with E-state index in [0.717, 1.165) is 50.3 Å². The van der Waals surface area contributed by atoms with Gasteiger partial charge in [-0.3, -0.25) is 9.69 Å². The first-order chi connectivity index (χ1) is 16.5. The molecule has 1 saturated heterocycles. The third kappa shape index (κ3) is 5.18. The van der Waals surface area contributed by atoms with Crippen LogP contribution in [0, 0.1) is 18.3 Å². The van der Waals surface area contributed by atoms with Crippen LogP contribution in [0.25, 0.3) is 11.3 Å². The molecule has 1 aliphatic carbocycles. The number of aryl methyl sites for hydroxylation is 1. The molecule has 2 aromatic carbocycles. The zero-order valence-electron chi connectivity index (χ0n) is 20.1. The summed E-state index contributed by atoms with van der Waals surface area (Å²) >= 11 is 1.74. The number of aromatic nitrogens is 1. The van der Waals surface area contributed by atoms with Crippen LogP contribution >= 0.6 is 11.3 Å². The van der Waals surface area contributed by atoms with Crippen molar-refractivity contribution in [2.45, 2.75) is 32.7 Å². The van der Waals surface area contributed by atoms with Crippen LogP contribution in [0.5, 0.6) is 5.75 Å². The number of likely N-dealkylation sites (N-methyl/N-ethyl adjacent to an activating group) is 1. The van der Waals surface area contributed by atoms with Gasteiger partial charge in [0.2, 0.25) is 5.91 Å². The third-order valence-corrected chi connectivity index (χ3v) is 8.25. The van der Waals surface area contributed by atoms with Gasteiger partial charge in [0, 0.05) is 23.9 Å². The van der Waals surface area contributed by atoms with Gasteiger partial charge in [0.25, 0.3) is 0 Å². The molecule has 1 atom stereocenters. The van der Waals surface area contributed by atoms with E-state index in [1.165, 1.54) is 16.1 Å². The fourth-order valence-electron chi connectivity index (χ4n) is 5.03. The smallest absolute Gasteiger partial charge is 0.226 e. The highest BCUT2D eigenvalue weighted by Crippen LogP contribution is 2.60. The average molecular weight is 476 g/mol. The van der Waals surface area contributed by atoms with Gasteiger partial charge in [-0.2, -0.15) is 0 Å². The van der Waals surface area contributed by atoms with E-state index in [1.807, 2.05) is 42.3 Å². The predicted octanol–water partition coefficient (Wildman–Crippen LogP) is 5.26. The number of carbonyl (C=O) groups is 1. The maximum absolute atomic E-state index is 13.0. The minimum Gasteiger partial charge on any atom is -0.492 e. The SMILES string of the molecule is Cc1ccc(OCCN(C)C(=O)[C@@H]2CC23CCN(Cc2nc(-c4ccccc4)cs2)CC3)cc1. The molecule has 3 aromatic rings. The number of likely N-dealkylation sites (tertiary alicyclic amines) is 1. The van der Waals surface area contributed by atoms with Crippen molar-refractivity contribution in [2.75, 3.05) is 33.3 Å². The molecule has 1 spiro atoms. The Morgan fingerprint density at radius 2 is 1.88 bits per heavy atom. The summed E-state index contributed by atoms with van der Waals surface area (Å²) in [6.07, 6.45) is 3.25. The van der Waals surface area contributed by atoms with Gasteiger partial charge in [0.15, 0.2) is 0 Å². The van der Waals surface area contributed by atoms with Crippen molar-refractivity contribution in [3.63, 3.8) is 0 Å². The highest BCUT2D eigenvalue weighted by atomic mass is 32.1. The second-order valence-corrected chi connectivity index (χ2v) is 10.8. The highest BCUT2D eigenvalue weighted by molar-refractivity contribution is 7.09. The molecular weight excluding hydrogens is 442 g/mol. The van der Waals surface area contributed by atoms with Gasteiger partial charge < -0.3 is 9.64 Å². The molecular formula is C28H33N3O2S. The Kier molecular flexibility index (Phi) is 6.70. The molecule has 1 saturated carbocycles. The molecule has 2 aliphatic rings. The number of nitrogens with zero attached hydrogens (tertiary/aromatic N) is 3. The van der Waals surface area contributed by atoms with E-state index in [-0.39, 0.29) is 17.2 Å². The van der Waals surface area contributed by atoms with Crippen LogP contribution < -0.4 is 4.74 Å². The number of hydrogen-bond acceptors (Lipinski definition) is 5. The Morgan fingerprint density at radius 1 is 1.15 bits per heavy atom. The van der Waals surface area contributed by atoms with Crippen LogP contribution in [-0.4, -0.2) is 54.0 Å². The maximum atomic E-state index is 13.0. The molecule has 1 amide bonds. The van der Waals surface area contributed by atoms with Gasteiger partial charge >= 0.3 is 0 Å². The predicted molar refractivity (Wildman–Crippen MR) is 137 cm³/mol. The molecule has 2 heterocycles. The molecule has 2 fully saturated rings. The highest BCUT2D eigenvalue weighted by Gasteiger charge is 2.58. The summed E-state index contributed by atoms with van der Waals surface area (Å²) in [6.45, 7) is 6.21. The Labute approximate surface area is 206 Å². The minimum atomic E-state index is 0.184. The summed E-state index contributed by atoms with van der Waals surface area (Å²) in [6, 6.07) is 18.4. The molecule has 0 N–H and O–H groups in total. The van der Waals surface area contributed by atoms with Crippen molar-refractivity contribution < 1.29 is 9.53 Å². The summed E-state index contributed by atoms with van der Waals surface area (Å²) in [7, 11) is 1.91. The van der Waals surface area contributed by atoms with Crippen molar-refractivity contribution in [3.05, 3.63) is 70.5 Å². The van der Waals surface area contributed by atoms with E-state index < -0.39 is 0 Å². The van der Waals surface area contributed by atoms with Gasteiger partial charge in [-0.15, -0.1) is 11.3 Å². The average Bonchev–Trinajstić information content (AvgIpc) is 3.35.